The Morgan fingerprint density at radius 2 is 1.89 bits per heavy atom. The fraction of sp³-hybridized carbons (Fsp3) is 0.875. The second-order valence-electron chi connectivity index (χ2n) is 6.45. The summed E-state index contributed by atoms with van der Waals surface area (Å²) in [7, 11) is 0. The molecule has 0 aromatic rings. The molecule has 0 aromatic heterocycles. The smallest absolute Gasteiger partial charge is 0.0878 e. The number of rotatable bonds is 3. The SMILES string of the molecule is CC(C)C1=CCOC(C2CC(C(C)C)CCO2)C1. The molecule has 0 aliphatic carbocycles. The molecule has 1 fully saturated rings. The summed E-state index contributed by atoms with van der Waals surface area (Å²) in [4.78, 5) is 0. The third-order valence-electron chi connectivity index (χ3n) is 4.55. The lowest BCUT2D eigenvalue weighted by Crippen LogP contribution is -2.40. The first-order valence-electron chi connectivity index (χ1n) is 7.50. The molecular weight excluding hydrogens is 224 g/mol. The molecule has 0 saturated carbocycles. The van der Waals surface area contributed by atoms with E-state index in [9.17, 15) is 0 Å². The lowest BCUT2D eigenvalue weighted by Gasteiger charge is -2.38. The Labute approximate surface area is 112 Å². The molecule has 0 aromatic carbocycles. The zero-order chi connectivity index (χ0) is 13.1. The summed E-state index contributed by atoms with van der Waals surface area (Å²) in [6.07, 6.45) is 6.31. The highest BCUT2D eigenvalue weighted by Crippen LogP contribution is 2.33. The van der Waals surface area contributed by atoms with Crippen molar-refractivity contribution in [3.63, 3.8) is 0 Å². The zero-order valence-electron chi connectivity index (χ0n) is 12.3. The predicted octanol–water partition coefficient (Wildman–Crippen LogP) is 3.81. The maximum absolute atomic E-state index is 5.97. The Morgan fingerprint density at radius 1 is 1.11 bits per heavy atom. The minimum atomic E-state index is 0.286. The quantitative estimate of drug-likeness (QED) is 0.711. The van der Waals surface area contributed by atoms with Crippen molar-refractivity contribution in [3.8, 4) is 0 Å². The highest BCUT2D eigenvalue weighted by Gasteiger charge is 2.33. The summed E-state index contributed by atoms with van der Waals surface area (Å²) in [6.45, 7) is 10.9. The molecule has 2 heterocycles. The molecule has 0 N–H and O–H groups in total. The van der Waals surface area contributed by atoms with Crippen LogP contribution in [0.3, 0.4) is 0 Å². The second kappa shape index (κ2) is 6.21. The molecule has 2 aliphatic heterocycles. The Balaban J connectivity index is 1.93. The van der Waals surface area contributed by atoms with E-state index >= 15 is 0 Å². The van der Waals surface area contributed by atoms with Gasteiger partial charge in [-0.1, -0.05) is 39.3 Å². The fourth-order valence-electron chi connectivity index (χ4n) is 3.08. The first kappa shape index (κ1) is 14.1. The van der Waals surface area contributed by atoms with E-state index in [0.717, 1.165) is 31.5 Å². The Bertz CT molecular complexity index is 293. The van der Waals surface area contributed by atoms with E-state index in [1.165, 1.54) is 12.8 Å². The van der Waals surface area contributed by atoms with Gasteiger partial charge in [0.2, 0.25) is 0 Å². The lowest BCUT2D eigenvalue weighted by molar-refractivity contribution is -0.107. The van der Waals surface area contributed by atoms with E-state index in [2.05, 4.69) is 33.8 Å². The molecule has 0 radical (unpaired) electrons. The molecule has 104 valence electrons. The molecule has 2 heteroatoms. The first-order valence-corrected chi connectivity index (χ1v) is 7.50. The van der Waals surface area contributed by atoms with Gasteiger partial charge in [-0.2, -0.15) is 0 Å². The number of hydrogen-bond acceptors (Lipinski definition) is 2. The van der Waals surface area contributed by atoms with Crippen molar-refractivity contribution in [1.29, 1.82) is 0 Å². The molecule has 2 aliphatic rings. The Hall–Kier alpha value is -0.340. The molecular formula is C16H28O2. The van der Waals surface area contributed by atoms with Gasteiger partial charge in [0.1, 0.15) is 0 Å². The van der Waals surface area contributed by atoms with E-state index < -0.39 is 0 Å². The topological polar surface area (TPSA) is 18.5 Å². The van der Waals surface area contributed by atoms with Crippen LogP contribution < -0.4 is 0 Å². The van der Waals surface area contributed by atoms with E-state index in [1.807, 2.05) is 0 Å². The average Bonchev–Trinajstić information content (AvgIpc) is 2.39. The fourth-order valence-corrected chi connectivity index (χ4v) is 3.08. The van der Waals surface area contributed by atoms with Crippen LogP contribution in [0.2, 0.25) is 0 Å². The maximum Gasteiger partial charge on any atom is 0.0878 e. The van der Waals surface area contributed by atoms with Crippen LogP contribution in [0.4, 0.5) is 0 Å². The molecule has 2 nitrogen and oxygen atoms in total. The predicted molar refractivity (Wildman–Crippen MR) is 74.6 cm³/mol. The summed E-state index contributed by atoms with van der Waals surface area (Å²) < 4.78 is 11.9. The number of ether oxygens (including phenoxy) is 2. The van der Waals surface area contributed by atoms with Crippen molar-refractivity contribution in [2.45, 2.75) is 59.2 Å². The van der Waals surface area contributed by atoms with Crippen molar-refractivity contribution in [1.82, 2.24) is 0 Å². The highest BCUT2D eigenvalue weighted by molar-refractivity contribution is 5.10. The van der Waals surface area contributed by atoms with E-state index in [1.54, 1.807) is 5.57 Å². The Kier molecular flexibility index (Phi) is 4.85. The molecule has 18 heavy (non-hydrogen) atoms. The zero-order valence-corrected chi connectivity index (χ0v) is 12.3. The van der Waals surface area contributed by atoms with E-state index in [-0.39, 0.29) is 6.10 Å². The van der Waals surface area contributed by atoms with Crippen molar-refractivity contribution in [3.05, 3.63) is 11.6 Å². The van der Waals surface area contributed by atoms with Crippen LogP contribution in [0.15, 0.2) is 11.6 Å². The Morgan fingerprint density at radius 3 is 2.56 bits per heavy atom. The minimum Gasteiger partial charge on any atom is -0.375 e. The van der Waals surface area contributed by atoms with Crippen molar-refractivity contribution in [2.75, 3.05) is 13.2 Å². The molecule has 0 amide bonds. The van der Waals surface area contributed by atoms with Gasteiger partial charge in [-0.25, -0.2) is 0 Å². The first-order chi connectivity index (χ1) is 8.58. The number of hydrogen-bond donors (Lipinski definition) is 0. The monoisotopic (exact) mass is 252 g/mol. The van der Waals surface area contributed by atoms with Gasteiger partial charge in [0.25, 0.3) is 0 Å². The third-order valence-corrected chi connectivity index (χ3v) is 4.55. The van der Waals surface area contributed by atoms with Gasteiger partial charge in [-0.05, 0) is 37.0 Å². The third kappa shape index (κ3) is 3.36. The van der Waals surface area contributed by atoms with Crippen molar-refractivity contribution < 1.29 is 9.47 Å². The summed E-state index contributed by atoms with van der Waals surface area (Å²) in [5, 5.41) is 0. The molecule has 1 saturated heterocycles. The second-order valence-corrected chi connectivity index (χ2v) is 6.45. The van der Waals surface area contributed by atoms with Gasteiger partial charge in [0.15, 0.2) is 0 Å². The van der Waals surface area contributed by atoms with Crippen LogP contribution in [0.1, 0.15) is 47.0 Å². The van der Waals surface area contributed by atoms with Gasteiger partial charge in [0.05, 0.1) is 18.8 Å². The van der Waals surface area contributed by atoms with Crippen LogP contribution in [-0.4, -0.2) is 25.4 Å². The van der Waals surface area contributed by atoms with E-state index in [0.29, 0.717) is 12.0 Å². The lowest BCUT2D eigenvalue weighted by atomic mass is 9.82. The van der Waals surface area contributed by atoms with Crippen LogP contribution in [0.5, 0.6) is 0 Å². The average molecular weight is 252 g/mol. The van der Waals surface area contributed by atoms with Gasteiger partial charge in [-0.15, -0.1) is 0 Å². The van der Waals surface area contributed by atoms with Gasteiger partial charge >= 0.3 is 0 Å². The van der Waals surface area contributed by atoms with Crippen LogP contribution >= 0.6 is 0 Å². The largest absolute Gasteiger partial charge is 0.375 e. The molecule has 3 unspecified atom stereocenters. The maximum atomic E-state index is 5.97. The molecule has 2 rings (SSSR count). The molecule has 0 bridgehead atoms. The highest BCUT2D eigenvalue weighted by atomic mass is 16.5. The van der Waals surface area contributed by atoms with Crippen LogP contribution in [0.25, 0.3) is 0 Å². The normalized spacial score (nSPS) is 33.9. The summed E-state index contributed by atoms with van der Waals surface area (Å²) in [5.74, 6) is 2.21. The molecule has 0 spiro atoms. The van der Waals surface area contributed by atoms with Crippen LogP contribution in [-0.2, 0) is 9.47 Å². The minimum absolute atomic E-state index is 0.286. The summed E-state index contributed by atoms with van der Waals surface area (Å²) in [5.41, 5.74) is 1.54. The molecule has 3 atom stereocenters. The summed E-state index contributed by atoms with van der Waals surface area (Å²) in [6, 6.07) is 0. The van der Waals surface area contributed by atoms with Gasteiger partial charge in [-0.3, -0.25) is 0 Å². The van der Waals surface area contributed by atoms with Crippen molar-refractivity contribution >= 4 is 0 Å². The standard InChI is InChI=1S/C16H28O2/c1-11(2)13-5-7-17-15(9-13)16-10-14(12(3)4)6-8-18-16/h5,11-12,14-16H,6-10H2,1-4H3. The van der Waals surface area contributed by atoms with Gasteiger partial charge in [0, 0.05) is 6.61 Å². The van der Waals surface area contributed by atoms with Gasteiger partial charge < -0.3 is 9.47 Å². The van der Waals surface area contributed by atoms with Crippen molar-refractivity contribution in [2.24, 2.45) is 17.8 Å². The van der Waals surface area contributed by atoms with E-state index in [4.69, 9.17) is 9.47 Å². The summed E-state index contributed by atoms with van der Waals surface area (Å²) >= 11 is 0. The van der Waals surface area contributed by atoms with Crippen LogP contribution in [0, 0.1) is 17.8 Å².